The Morgan fingerprint density at radius 3 is 2.57 bits per heavy atom. The molecule has 1 atom stereocenters. The summed E-state index contributed by atoms with van der Waals surface area (Å²) in [5.41, 5.74) is 2.82. The van der Waals surface area contributed by atoms with E-state index in [2.05, 4.69) is 15.5 Å². The summed E-state index contributed by atoms with van der Waals surface area (Å²) in [6, 6.07) is 5.63. The van der Waals surface area contributed by atoms with Crippen molar-refractivity contribution in [3.05, 3.63) is 29.5 Å². The predicted octanol–water partition coefficient (Wildman–Crippen LogP) is 0.885. The fraction of sp³-hybridized carbons (Fsp3) is 0.615. The lowest BCUT2D eigenvalue weighted by atomic mass is 9.68. The van der Waals surface area contributed by atoms with Crippen molar-refractivity contribution >= 4 is 22.7 Å². The van der Waals surface area contributed by atoms with E-state index in [1.807, 2.05) is 29.0 Å². The van der Waals surface area contributed by atoms with Crippen molar-refractivity contribution < 1.29 is 24.2 Å². The molecule has 9 nitrogen and oxygen atoms in total. The fourth-order valence-corrected chi connectivity index (χ4v) is 6.35. The molecule has 0 unspecified atom stereocenters. The van der Waals surface area contributed by atoms with Crippen molar-refractivity contribution in [1.29, 1.82) is 0 Å². The normalized spacial score (nSPS) is 23.9. The van der Waals surface area contributed by atoms with Crippen LogP contribution in [0.15, 0.2) is 18.2 Å². The standard InChI is InChI=1S/C26H34N4O5/c1-27-20-11-18(34-2)5-6-19(20)23-24(27)21(13-31)30(22(32)12-28-7-9-35-10-8-28)16-26(23)14-29(15-26)25(33)17-3-4-17/h5-6,11,17,21,31H,3-4,7-10,12-16H2,1-2H3/t21-/m1/s1. The summed E-state index contributed by atoms with van der Waals surface area (Å²) in [4.78, 5) is 32.5. The van der Waals surface area contributed by atoms with E-state index < -0.39 is 6.04 Å². The number of likely N-dealkylation sites (tertiary alicyclic amines) is 1. The summed E-state index contributed by atoms with van der Waals surface area (Å²) in [5.74, 6) is 1.21. The monoisotopic (exact) mass is 482 g/mol. The van der Waals surface area contributed by atoms with Crippen molar-refractivity contribution in [2.75, 3.05) is 66.2 Å². The highest BCUT2D eigenvalue weighted by molar-refractivity contribution is 5.91. The van der Waals surface area contributed by atoms with Crippen LogP contribution in [-0.2, 0) is 26.8 Å². The Labute approximate surface area is 205 Å². The number of aryl methyl sites for hydroxylation is 1. The minimum atomic E-state index is -0.430. The Hall–Kier alpha value is -2.62. The van der Waals surface area contributed by atoms with E-state index in [0.29, 0.717) is 39.4 Å². The van der Waals surface area contributed by atoms with Crippen LogP contribution in [0.1, 0.15) is 30.1 Å². The van der Waals surface area contributed by atoms with Gasteiger partial charge in [-0.2, -0.15) is 0 Å². The summed E-state index contributed by atoms with van der Waals surface area (Å²) < 4.78 is 13.0. The maximum absolute atomic E-state index is 13.7. The number of carbonyl (C=O) groups excluding carboxylic acids is 2. The van der Waals surface area contributed by atoms with Gasteiger partial charge in [-0.3, -0.25) is 14.5 Å². The maximum atomic E-state index is 13.7. The van der Waals surface area contributed by atoms with Crippen molar-refractivity contribution in [2.24, 2.45) is 13.0 Å². The minimum Gasteiger partial charge on any atom is -0.497 e. The second-order valence-electron chi connectivity index (χ2n) is 10.6. The number of amides is 2. The molecular formula is C26H34N4O5. The SMILES string of the molecule is COc1ccc2c3c(n(C)c2c1)[C@@H](CO)N(C(=O)CN1CCOCC1)CC31CN(C(=O)C2CC2)C1. The molecule has 0 bridgehead atoms. The lowest BCUT2D eigenvalue weighted by Crippen LogP contribution is -2.68. The molecule has 1 aromatic heterocycles. The van der Waals surface area contributed by atoms with Gasteiger partial charge in [0, 0.05) is 62.8 Å². The molecule has 188 valence electrons. The van der Waals surface area contributed by atoms with Crippen LogP contribution in [0.4, 0.5) is 0 Å². The van der Waals surface area contributed by atoms with Gasteiger partial charge in [0.2, 0.25) is 11.8 Å². The average Bonchev–Trinajstić information content (AvgIpc) is 3.67. The first kappa shape index (κ1) is 22.8. The Bertz CT molecular complexity index is 1160. The molecule has 1 aliphatic carbocycles. The summed E-state index contributed by atoms with van der Waals surface area (Å²) in [5, 5.41) is 11.7. The molecule has 2 amide bonds. The fourth-order valence-electron chi connectivity index (χ4n) is 6.35. The quantitative estimate of drug-likeness (QED) is 0.681. The van der Waals surface area contributed by atoms with Crippen molar-refractivity contribution in [1.82, 2.24) is 19.3 Å². The summed E-state index contributed by atoms with van der Waals surface area (Å²) in [6.07, 6.45) is 1.97. The number of aliphatic hydroxyl groups excluding tert-OH is 1. The third-order valence-electron chi connectivity index (χ3n) is 8.33. The van der Waals surface area contributed by atoms with E-state index in [1.165, 1.54) is 5.56 Å². The van der Waals surface area contributed by atoms with Gasteiger partial charge in [-0.1, -0.05) is 0 Å². The first-order valence-corrected chi connectivity index (χ1v) is 12.6. The molecule has 4 heterocycles. The van der Waals surface area contributed by atoms with E-state index in [0.717, 1.165) is 48.3 Å². The summed E-state index contributed by atoms with van der Waals surface area (Å²) in [7, 11) is 3.65. The van der Waals surface area contributed by atoms with E-state index in [4.69, 9.17) is 9.47 Å². The number of carbonyl (C=O) groups is 2. The summed E-state index contributed by atoms with van der Waals surface area (Å²) >= 11 is 0. The maximum Gasteiger partial charge on any atom is 0.237 e. The first-order valence-electron chi connectivity index (χ1n) is 12.6. The second-order valence-corrected chi connectivity index (χ2v) is 10.6. The molecular weight excluding hydrogens is 448 g/mol. The highest BCUT2D eigenvalue weighted by atomic mass is 16.5. The molecule has 4 aliphatic rings. The van der Waals surface area contributed by atoms with Crippen molar-refractivity contribution in [3.8, 4) is 5.75 Å². The van der Waals surface area contributed by atoms with Crippen LogP contribution in [0.5, 0.6) is 5.75 Å². The second kappa shape index (κ2) is 8.50. The number of fused-ring (bicyclic) bond motifs is 4. The van der Waals surface area contributed by atoms with Gasteiger partial charge in [-0.05, 0) is 30.5 Å². The molecule has 3 fully saturated rings. The molecule has 9 heteroatoms. The molecule has 6 rings (SSSR count). The number of rotatable bonds is 5. The zero-order valence-electron chi connectivity index (χ0n) is 20.5. The lowest BCUT2D eigenvalue weighted by Gasteiger charge is -2.56. The van der Waals surface area contributed by atoms with Gasteiger partial charge in [0.05, 0.1) is 50.4 Å². The average molecular weight is 483 g/mol. The van der Waals surface area contributed by atoms with Gasteiger partial charge < -0.3 is 28.9 Å². The topological polar surface area (TPSA) is 87.5 Å². The van der Waals surface area contributed by atoms with Crippen LogP contribution in [0.2, 0.25) is 0 Å². The lowest BCUT2D eigenvalue weighted by molar-refractivity contribution is -0.147. The van der Waals surface area contributed by atoms with E-state index in [-0.39, 0.29) is 29.8 Å². The largest absolute Gasteiger partial charge is 0.497 e. The number of morpholine rings is 1. The van der Waals surface area contributed by atoms with E-state index >= 15 is 0 Å². The molecule has 35 heavy (non-hydrogen) atoms. The zero-order chi connectivity index (χ0) is 24.3. The zero-order valence-corrected chi connectivity index (χ0v) is 20.5. The Kier molecular flexibility index (Phi) is 5.54. The Morgan fingerprint density at radius 2 is 1.91 bits per heavy atom. The van der Waals surface area contributed by atoms with E-state index in [9.17, 15) is 14.7 Å². The highest BCUT2D eigenvalue weighted by Crippen LogP contribution is 2.50. The number of hydrogen-bond acceptors (Lipinski definition) is 6. The van der Waals surface area contributed by atoms with Crippen LogP contribution in [0.25, 0.3) is 10.9 Å². The smallest absolute Gasteiger partial charge is 0.237 e. The molecule has 1 spiro atoms. The molecule has 3 aliphatic heterocycles. The molecule has 1 aromatic carbocycles. The number of aliphatic hydroxyl groups is 1. The van der Waals surface area contributed by atoms with Gasteiger partial charge >= 0.3 is 0 Å². The van der Waals surface area contributed by atoms with Crippen LogP contribution in [0.3, 0.4) is 0 Å². The number of aromatic nitrogens is 1. The number of hydrogen-bond donors (Lipinski definition) is 1. The van der Waals surface area contributed by atoms with Gasteiger partial charge in [-0.25, -0.2) is 0 Å². The van der Waals surface area contributed by atoms with Gasteiger partial charge in [-0.15, -0.1) is 0 Å². The van der Waals surface area contributed by atoms with Crippen LogP contribution in [0, 0.1) is 5.92 Å². The van der Waals surface area contributed by atoms with Crippen molar-refractivity contribution in [3.63, 3.8) is 0 Å². The predicted molar refractivity (Wildman–Crippen MR) is 129 cm³/mol. The molecule has 2 saturated heterocycles. The Balaban J connectivity index is 1.41. The van der Waals surface area contributed by atoms with E-state index in [1.54, 1.807) is 7.11 Å². The van der Waals surface area contributed by atoms with Gasteiger partial charge in [0.15, 0.2) is 0 Å². The molecule has 2 aromatic rings. The molecule has 1 N–H and O–H groups in total. The molecule has 0 radical (unpaired) electrons. The highest BCUT2D eigenvalue weighted by Gasteiger charge is 2.56. The third kappa shape index (κ3) is 3.63. The van der Waals surface area contributed by atoms with Crippen LogP contribution >= 0.6 is 0 Å². The van der Waals surface area contributed by atoms with Gasteiger partial charge in [0.1, 0.15) is 5.75 Å². The first-order chi connectivity index (χ1) is 17.0. The number of methoxy groups -OCH3 is 1. The molecule has 1 saturated carbocycles. The minimum absolute atomic E-state index is 0.0192. The van der Waals surface area contributed by atoms with Crippen LogP contribution in [-0.4, -0.2) is 102 Å². The third-order valence-corrected chi connectivity index (χ3v) is 8.33. The van der Waals surface area contributed by atoms with Gasteiger partial charge in [0.25, 0.3) is 0 Å². The van der Waals surface area contributed by atoms with Crippen LogP contribution < -0.4 is 4.74 Å². The number of benzene rings is 1. The number of ether oxygens (including phenoxy) is 2. The summed E-state index contributed by atoms with van der Waals surface area (Å²) in [6.45, 7) is 4.63. The van der Waals surface area contributed by atoms with Crippen molar-refractivity contribution in [2.45, 2.75) is 24.3 Å². The number of nitrogens with zero attached hydrogens (tertiary/aromatic N) is 4. The Morgan fingerprint density at radius 1 is 1.17 bits per heavy atom.